The summed E-state index contributed by atoms with van der Waals surface area (Å²) in [5, 5.41) is 11.3. The highest BCUT2D eigenvalue weighted by Crippen LogP contribution is 2.35. The van der Waals surface area contributed by atoms with Crippen molar-refractivity contribution in [2.75, 3.05) is 11.9 Å². The number of carboxylic acids is 1. The number of nitrogens with one attached hydrogen (secondary N) is 1. The smallest absolute Gasteiger partial charge is 0.336 e. The Morgan fingerprint density at radius 1 is 1.07 bits per heavy atom. The molecule has 0 atom stereocenters. The maximum atomic E-state index is 14.7. The highest BCUT2D eigenvalue weighted by Gasteiger charge is 2.20. The average molecular weight is 432 g/mol. The molecule has 0 saturated heterocycles. The number of amides is 1. The first-order chi connectivity index (χ1) is 14.3. The lowest BCUT2D eigenvalue weighted by molar-refractivity contribution is 0.0692. The van der Waals surface area contributed by atoms with E-state index >= 15 is 0 Å². The molecule has 3 rings (SSSR count). The Balaban J connectivity index is 1.96. The van der Waals surface area contributed by atoms with E-state index in [2.05, 4.69) is 5.32 Å². The maximum absolute atomic E-state index is 14.7. The van der Waals surface area contributed by atoms with Crippen LogP contribution < -0.4 is 10.1 Å². The molecule has 0 aliphatic rings. The number of carboxylic acid groups (broad SMARTS) is 1. The van der Waals surface area contributed by atoms with Gasteiger partial charge in [-0.05, 0) is 42.8 Å². The van der Waals surface area contributed by atoms with Gasteiger partial charge in [-0.3, -0.25) is 4.79 Å². The summed E-state index contributed by atoms with van der Waals surface area (Å²) in [6.45, 7) is 1.97. The van der Waals surface area contributed by atoms with Crippen molar-refractivity contribution in [1.82, 2.24) is 0 Å². The van der Waals surface area contributed by atoms with Crippen LogP contribution in [0.4, 0.5) is 14.5 Å². The molecule has 0 aliphatic heterocycles. The van der Waals surface area contributed by atoms with Gasteiger partial charge in [-0.2, -0.15) is 0 Å². The van der Waals surface area contributed by atoms with E-state index in [0.717, 1.165) is 6.07 Å². The third-order valence-electron chi connectivity index (χ3n) is 4.26. The van der Waals surface area contributed by atoms with Crippen LogP contribution in [-0.2, 0) is 0 Å². The van der Waals surface area contributed by atoms with Gasteiger partial charge < -0.3 is 15.2 Å². The highest BCUT2D eigenvalue weighted by atomic mass is 35.5. The monoisotopic (exact) mass is 431 g/mol. The van der Waals surface area contributed by atoms with E-state index in [1.54, 1.807) is 13.0 Å². The summed E-state index contributed by atoms with van der Waals surface area (Å²) in [5.74, 6) is -3.69. The van der Waals surface area contributed by atoms with Crippen molar-refractivity contribution < 1.29 is 28.2 Å². The maximum Gasteiger partial charge on any atom is 0.336 e. The van der Waals surface area contributed by atoms with Crippen LogP contribution in [0.1, 0.15) is 27.6 Å². The number of carbonyl (C=O) groups excluding carboxylic acids is 1. The number of ether oxygens (including phenoxy) is 1. The van der Waals surface area contributed by atoms with Crippen LogP contribution in [0, 0.1) is 11.6 Å². The second-order valence-electron chi connectivity index (χ2n) is 6.17. The van der Waals surface area contributed by atoms with Crippen molar-refractivity contribution in [3.05, 3.63) is 82.4 Å². The zero-order valence-electron chi connectivity index (χ0n) is 15.7. The van der Waals surface area contributed by atoms with Gasteiger partial charge in [0, 0.05) is 5.56 Å². The number of hydrogen-bond acceptors (Lipinski definition) is 3. The van der Waals surface area contributed by atoms with Crippen molar-refractivity contribution in [2.24, 2.45) is 0 Å². The van der Waals surface area contributed by atoms with Crippen LogP contribution in [0.15, 0.2) is 54.6 Å². The second-order valence-corrected chi connectivity index (χ2v) is 6.58. The summed E-state index contributed by atoms with van der Waals surface area (Å²) >= 11 is 6.15. The molecular weight excluding hydrogens is 416 g/mol. The molecule has 0 radical (unpaired) electrons. The second kappa shape index (κ2) is 8.92. The van der Waals surface area contributed by atoms with Crippen LogP contribution in [0.25, 0.3) is 11.1 Å². The molecule has 154 valence electrons. The molecule has 1 amide bonds. The Morgan fingerprint density at radius 2 is 1.77 bits per heavy atom. The van der Waals surface area contributed by atoms with Gasteiger partial charge in [0.15, 0.2) is 11.6 Å². The number of aromatic carboxylic acids is 1. The third kappa shape index (κ3) is 4.26. The molecule has 8 heteroatoms. The molecule has 0 fully saturated rings. The first kappa shape index (κ1) is 21.3. The Morgan fingerprint density at radius 3 is 2.40 bits per heavy atom. The quantitative estimate of drug-likeness (QED) is 0.530. The fourth-order valence-electron chi connectivity index (χ4n) is 2.90. The Hall–Kier alpha value is -3.45. The number of anilines is 1. The van der Waals surface area contributed by atoms with E-state index in [1.807, 2.05) is 0 Å². The van der Waals surface area contributed by atoms with Crippen molar-refractivity contribution in [3.63, 3.8) is 0 Å². The average Bonchev–Trinajstić information content (AvgIpc) is 2.72. The SMILES string of the molecule is CCOc1cccc(-c2cc(F)c(NC(=O)c3ccccc3C(=O)O)c(Cl)c2)c1F. The van der Waals surface area contributed by atoms with E-state index in [9.17, 15) is 23.5 Å². The van der Waals surface area contributed by atoms with Crippen molar-refractivity contribution in [1.29, 1.82) is 0 Å². The van der Waals surface area contributed by atoms with Crippen LogP contribution >= 0.6 is 11.6 Å². The van der Waals surface area contributed by atoms with Crippen LogP contribution in [0.3, 0.4) is 0 Å². The third-order valence-corrected chi connectivity index (χ3v) is 4.55. The number of hydrogen-bond donors (Lipinski definition) is 2. The predicted molar refractivity (Wildman–Crippen MR) is 109 cm³/mol. The summed E-state index contributed by atoms with van der Waals surface area (Å²) in [4.78, 5) is 23.8. The standard InChI is InChI=1S/C22H16ClF2NO4/c1-2-30-18-9-5-8-13(19(18)25)12-10-16(23)20(17(24)11-12)26-21(27)14-6-3-4-7-15(14)22(28)29/h3-11H,2H2,1H3,(H,26,27)(H,28,29). The molecule has 0 bridgehead atoms. The fraction of sp³-hybridized carbons (Fsp3) is 0.0909. The summed E-state index contributed by atoms with van der Waals surface area (Å²) in [7, 11) is 0. The van der Waals surface area contributed by atoms with Crippen molar-refractivity contribution in [3.8, 4) is 16.9 Å². The molecule has 30 heavy (non-hydrogen) atoms. The summed E-state index contributed by atoms with van der Waals surface area (Å²) < 4.78 is 34.6. The van der Waals surface area contributed by atoms with Gasteiger partial charge >= 0.3 is 5.97 Å². The van der Waals surface area contributed by atoms with Gasteiger partial charge in [0.1, 0.15) is 5.82 Å². The van der Waals surface area contributed by atoms with E-state index in [0.29, 0.717) is 0 Å². The lowest BCUT2D eigenvalue weighted by Crippen LogP contribution is -2.17. The largest absolute Gasteiger partial charge is 0.491 e. The Labute approximate surface area is 175 Å². The van der Waals surface area contributed by atoms with E-state index < -0.39 is 23.5 Å². The minimum atomic E-state index is -1.30. The fourth-order valence-corrected chi connectivity index (χ4v) is 3.15. The van der Waals surface area contributed by atoms with Crippen molar-refractivity contribution >= 4 is 29.2 Å². The minimum absolute atomic E-state index is 0.0224. The van der Waals surface area contributed by atoms with Gasteiger partial charge in [0.2, 0.25) is 0 Å². The molecule has 0 aromatic heterocycles. The predicted octanol–water partition coefficient (Wildman–Crippen LogP) is 5.63. The molecule has 3 aromatic rings. The molecule has 0 aliphatic carbocycles. The lowest BCUT2D eigenvalue weighted by Gasteiger charge is -2.13. The summed E-state index contributed by atoms with van der Waals surface area (Å²) in [6, 6.07) is 12.3. The van der Waals surface area contributed by atoms with Gasteiger partial charge in [0.25, 0.3) is 5.91 Å². The van der Waals surface area contributed by atoms with Crippen LogP contribution in [0.2, 0.25) is 5.02 Å². The van der Waals surface area contributed by atoms with E-state index in [1.165, 1.54) is 42.5 Å². The molecule has 0 saturated carbocycles. The number of carbonyl (C=O) groups is 2. The number of rotatable bonds is 6. The van der Waals surface area contributed by atoms with Gasteiger partial charge in [-0.15, -0.1) is 0 Å². The number of benzene rings is 3. The summed E-state index contributed by atoms with van der Waals surface area (Å²) in [6.07, 6.45) is 0. The molecule has 0 heterocycles. The first-order valence-electron chi connectivity index (χ1n) is 8.87. The van der Waals surface area contributed by atoms with Gasteiger partial charge in [0.05, 0.1) is 28.4 Å². The molecular formula is C22H16ClF2NO4. The molecule has 2 N–H and O–H groups in total. The normalized spacial score (nSPS) is 10.5. The van der Waals surface area contributed by atoms with Gasteiger partial charge in [-0.25, -0.2) is 13.6 Å². The van der Waals surface area contributed by atoms with Crippen LogP contribution in [0.5, 0.6) is 5.75 Å². The highest BCUT2D eigenvalue weighted by molar-refractivity contribution is 6.34. The molecule has 0 unspecified atom stereocenters. The Kier molecular flexibility index (Phi) is 6.32. The van der Waals surface area contributed by atoms with E-state index in [4.69, 9.17) is 16.3 Å². The zero-order valence-corrected chi connectivity index (χ0v) is 16.5. The summed E-state index contributed by atoms with van der Waals surface area (Å²) in [5.41, 5.74) is -0.499. The molecule has 0 spiro atoms. The first-order valence-corrected chi connectivity index (χ1v) is 9.25. The zero-order chi connectivity index (χ0) is 21.8. The molecule has 5 nitrogen and oxygen atoms in total. The topological polar surface area (TPSA) is 75.6 Å². The number of halogens is 3. The van der Waals surface area contributed by atoms with Gasteiger partial charge in [-0.1, -0.05) is 35.9 Å². The molecule has 3 aromatic carbocycles. The van der Waals surface area contributed by atoms with Crippen LogP contribution in [-0.4, -0.2) is 23.6 Å². The minimum Gasteiger partial charge on any atom is -0.491 e. The van der Waals surface area contributed by atoms with Crippen molar-refractivity contribution in [2.45, 2.75) is 6.92 Å². The van der Waals surface area contributed by atoms with E-state index in [-0.39, 0.29) is 45.3 Å². The lowest BCUT2D eigenvalue weighted by atomic mass is 10.0. The Bertz CT molecular complexity index is 1110.